The number of likely N-dealkylation sites (N-methyl/N-ethyl adjacent to an activating group) is 1. The molecule has 0 atom stereocenters. The summed E-state index contributed by atoms with van der Waals surface area (Å²) in [5.74, 6) is -3.48. The van der Waals surface area contributed by atoms with Gasteiger partial charge in [0.05, 0.1) is 24.3 Å². The number of carbonyl (C=O) groups is 3. The average Bonchev–Trinajstić information content (AvgIpc) is 3.25. The second-order valence-electron chi connectivity index (χ2n) is 8.29. The van der Waals surface area contributed by atoms with Crippen LogP contribution in [0.25, 0.3) is 16.6 Å². The van der Waals surface area contributed by atoms with Crippen molar-refractivity contribution in [3.8, 4) is 5.69 Å². The van der Waals surface area contributed by atoms with Crippen molar-refractivity contribution in [2.75, 3.05) is 45.1 Å². The van der Waals surface area contributed by atoms with Crippen LogP contribution in [0.15, 0.2) is 48.7 Å². The highest BCUT2D eigenvalue weighted by Crippen LogP contribution is 2.20. The van der Waals surface area contributed by atoms with Crippen LogP contribution in [0.1, 0.15) is 10.4 Å². The lowest BCUT2D eigenvalue weighted by Crippen LogP contribution is -3.15. The molecule has 0 bridgehead atoms. The van der Waals surface area contributed by atoms with Crippen molar-refractivity contribution in [3.63, 3.8) is 0 Å². The molecule has 2 amide bonds. The van der Waals surface area contributed by atoms with Gasteiger partial charge in [-0.2, -0.15) is 18.3 Å². The van der Waals surface area contributed by atoms with E-state index < -0.39 is 18.1 Å². The molecule has 2 aromatic carbocycles. The van der Waals surface area contributed by atoms with Crippen molar-refractivity contribution >= 4 is 34.4 Å². The van der Waals surface area contributed by atoms with E-state index in [0.29, 0.717) is 17.6 Å². The number of carboxylic acid groups (broad SMARTS) is 1. The molecule has 3 aromatic rings. The van der Waals surface area contributed by atoms with Gasteiger partial charge < -0.3 is 25.9 Å². The van der Waals surface area contributed by atoms with Gasteiger partial charge in [-0.05, 0) is 37.4 Å². The van der Waals surface area contributed by atoms with Gasteiger partial charge in [0.25, 0.3) is 11.8 Å². The summed E-state index contributed by atoms with van der Waals surface area (Å²) in [5, 5.41) is 17.1. The van der Waals surface area contributed by atoms with Crippen molar-refractivity contribution in [2.24, 2.45) is 5.73 Å². The summed E-state index contributed by atoms with van der Waals surface area (Å²) in [5.41, 5.74) is 8.00. The SMILES string of the molecule is CN1CC[NH+](CC(=O)Nc2ccc(-n3cc4cccc(C(N)=O)c4n3)cc2)CC1.O=C([O-])C(F)(F)F. The highest BCUT2D eigenvalue weighted by molar-refractivity contribution is 6.04. The fraction of sp³-hybridized carbons (Fsp3) is 0.304. The quantitative estimate of drug-likeness (QED) is 0.414. The molecule has 4 N–H and O–H groups in total. The highest BCUT2D eigenvalue weighted by atomic mass is 19.4. The zero-order valence-corrected chi connectivity index (χ0v) is 19.3. The molecule has 0 unspecified atom stereocenters. The summed E-state index contributed by atoms with van der Waals surface area (Å²) < 4.78 is 33.3. The Balaban J connectivity index is 0.000000454. The minimum atomic E-state index is -5.19. The number of piperazine rings is 1. The number of rotatable bonds is 5. The Bertz CT molecular complexity index is 1230. The number of hydrogen-bond donors (Lipinski definition) is 3. The number of nitrogens with two attached hydrogens (primary N) is 1. The minimum Gasteiger partial charge on any atom is -0.542 e. The number of nitrogens with zero attached hydrogens (tertiary/aromatic N) is 3. The minimum absolute atomic E-state index is 0.0215. The summed E-state index contributed by atoms with van der Waals surface area (Å²) in [4.78, 5) is 36.3. The van der Waals surface area contributed by atoms with Gasteiger partial charge in [-0.15, -0.1) is 0 Å². The number of hydrogen-bond acceptors (Lipinski definition) is 6. The molecule has 4 rings (SSSR count). The van der Waals surface area contributed by atoms with Crippen LogP contribution >= 0.6 is 0 Å². The van der Waals surface area contributed by atoms with E-state index in [1.165, 1.54) is 4.90 Å². The third kappa shape index (κ3) is 7.02. The molecular formula is C23H25F3N6O4. The Hall–Kier alpha value is -3.97. The van der Waals surface area contributed by atoms with E-state index in [-0.39, 0.29) is 5.91 Å². The second kappa shape index (κ2) is 11.2. The predicted octanol–water partition coefficient (Wildman–Crippen LogP) is -0.808. The fourth-order valence-corrected chi connectivity index (χ4v) is 3.62. The molecule has 36 heavy (non-hydrogen) atoms. The summed E-state index contributed by atoms with van der Waals surface area (Å²) in [7, 11) is 2.11. The monoisotopic (exact) mass is 506 g/mol. The van der Waals surface area contributed by atoms with Gasteiger partial charge >= 0.3 is 6.18 Å². The van der Waals surface area contributed by atoms with Crippen molar-refractivity contribution < 1.29 is 37.6 Å². The molecule has 192 valence electrons. The summed E-state index contributed by atoms with van der Waals surface area (Å²) >= 11 is 0. The maximum atomic E-state index is 12.3. The molecular weight excluding hydrogens is 481 g/mol. The number of fused-ring (bicyclic) bond motifs is 1. The average molecular weight is 506 g/mol. The number of amides is 2. The number of halogens is 3. The number of benzene rings is 2. The topological polar surface area (TPSA) is 138 Å². The van der Waals surface area contributed by atoms with Crippen molar-refractivity contribution in [3.05, 3.63) is 54.2 Å². The van der Waals surface area contributed by atoms with Crippen LogP contribution in [-0.2, 0) is 9.59 Å². The van der Waals surface area contributed by atoms with Crippen LogP contribution in [0.3, 0.4) is 0 Å². The van der Waals surface area contributed by atoms with Crippen molar-refractivity contribution in [2.45, 2.75) is 6.18 Å². The van der Waals surface area contributed by atoms with Crippen molar-refractivity contribution in [1.29, 1.82) is 0 Å². The summed E-state index contributed by atoms with van der Waals surface area (Å²) in [6.07, 6.45) is -3.34. The van der Waals surface area contributed by atoms with Gasteiger partial charge in [0.15, 0.2) is 6.54 Å². The normalized spacial score (nSPS) is 14.7. The number of nitrogens with one attached hydrogen (secondary N) is 2. The van der Waals surface area contributed by atoms with E-state index in [1.54, 1.807) is 16.8 Å². The number of primary amides is 1. The van der Waals surface area contributed by atoms with E-state index in [0.717, 1.165) is 42.9 Å². The molecule has 1 fully saturated rings. The highest BCUT2D eigenvalue weighted by Gasteiger charge is 2.28. The molecule has 1 aliphatic heterocycles. The standard InChI is InChI=1S/C21H24N6O2.C2HF3O2/c1-25-9-11-26(12-10-25)14-19(28)23-16-5-7-17(8-6-16)27-13-15-3-2-4-18(21(22)29)20(15)24-27;3-2(4,5)1(6)7/h2-8,13H,9-12,14H2,1H3,(H2,22,29)(H,23,28);(H,6,7). The van der Waals surface area contributed by atoms with Gasteiger partial charge in [-0.3, -0.25) is 14.5 Å². The van der Waals surface area contributed by atoms with Crippen LogP contribution in [0.5, 0.6) is 0 Å². The van der Waals surface area contributed by atoms with Crippen LogP contribution in [0.2, 0.25) is 0 Å². The Morgan fingerprint density at radius 2 is 1.72 bits per heavy atom. The lowest BCUT2D eigenvalue weighted by molar-refractivity contribution is -0.896. The number of alkyl halides is 3. The molecule has 10 nitrogen and oxygen atoms in total. The molecule has 0 saturated carbocycles. The number of carbonyl (C=O) groups excluding carboxylic acids is 3. The molecule has 0 aliphatic carbocycles. The lowest BCUT2D eigenvalue weighted by atomic mass is 10.1. The van der Waals surface area contributed by atoms with E-state index in [1.807, 2.05) is 36.5 Å². The molecule has 0 radical (unpaired) electrons. The zero-order chi connectivity index (χ0) is 26.5. The first-order chi connectivity index (χ1) is 16.9. The third-order valence-electron chi connectivity index (χ3n) is 5.55. The first kappa shape index (κ1) is 26.6. The molecule has 1 aliphatic rings. The van der Waals surface area contributed by atoms with Crippen molar-refractivity contribution in [1.82, 2.24) is 14.7 Å². The van der Waals surface area contributed by atoms with Gasteiger partial charge in [0, 0.05) is 30.4 Å². The number of anilines is 1. The Morgan fingerprint density at radius 3 is 2.28 bits per heavy atom. The molecule has 1 saturated heterocycles. The molecule has 0 spiro atoms. The smallest absolute Gasteiger partial charge is 0.430 e. The maximum absolute atomic E-state index is 12.3. The third-order valence-corrected chi connectivity index (χ3v) is 5.55. The van der Waals surface area contributed by atoms with Gasteiger partial charge in [0.2, 0.25) is 0 Å². The van der Waals surface area contributed by atoms with Gasteiger partial charge in [-0.25, -0.2) is 4.68 Å². The predicted molar refractivity (Wildman–Crippen MR) is 122 cm³/mol. The molecule has 1 aromatic heterocycles. The van der Waals surface area contributed by atoms with E-state index in [9.17, 15) is 22.8 Å². The summed E-state index contributed by atoms with van der Waals surface area (Å²) in [6.45, 7) is 4.50. The maximum Gasteiger partial charge on any atom is 0.430 e. The first-order valence-electron chi connectivity index (χ1n) is 10.9. The number of aromatic nitrogens is 2. The number of aliphatic carboxylic acids is 1. The first-order valence-corrected chi connectivity index (χ1v) is 10.9. The Kier molecular flexibility index (Phi) is 8.27. The second-order valence-corrected chi connectivity index (χ2v) is 8.29. The summed E-state index contributed by atoms with van der Waals surface area (Å²) in [6, 6.07) is 12.8. The largest absolute Gasteiger partial charge is 0.542 e. The van der Waals surface area contributed by atoms with Crippen LogP contribution in [-0.4, -0.2) is 78.4 Å². The van der Waals surface area contributed by atoms with Gasteiger partial charge in [0.1, 0.15) is 11.5 Å². The number of carboxylic acids is 1. The fourth-order valence-electron chi connectivity index (χ4n) is 3.62. The van der Waals surface area contributed by atoms with E-state index >= 15 is 0 Å². The van der Waals surface area contributed by atoms with Crippen LogP contribution < -0.4 is 21.1 Å². The van der Waals surface area contributed by atoms with E-state index in [4.69, 9.17) is 15.6 Å². The Morgan fingerprint density at radius 1 is 1.11 bits per heavy atom. The van der Waals surface area contributed by atoms with Gasteiger partial charge in [-0.1, -0.05) is 12.1 Å². The van der Waals surface area contributed by atoms with Crippen LogP contribution in [0, 0.1) is 0 Å². The number of quaternary nitrogens is 1. The molecule has 2 heterocycles. The van der Waals surface area contributed by atoms with Crippen LogP contribution in [0.4, 0.5) is 18.9 Å². The lowest BCUT2D eigenvalue weighted by Gasteiger charge is -2.29. The Labute approximate surface area is 204 Å². The van der Waals surface area contributed by atoms with E-state index in [2.05, 4.69) is 22.4 Å². The molecule has 13 heteroatoms. The zero-order valence-electron chi connectivity index (χ0n) is 19.3.